The zero-order chi connectivity index (χ0) is 14.0. The molecule has 1 aromatic carbocycles. The molecule has 2 aromatic rings. The molecule has 0 saturated heterocycles. The molecule has 0 bridgehead atoms. The lowest BCUT2D eigenvalue weighted by atomic mass is 10.2. The van der Waals surface area contributed by atoms with E-state index >= 15 is 0 Å². The first-order valence-electron chi connectivity index (χ1n) is 5.40. The first-order chi connectivity index (χ1) is 8.99. The fourth-order valence-electron chi connectivity index (χ4n) is 1.55. The van der Waals surface area contributed by atoms with E-state index in [-0.39, 0.29) is 6.61 Å². The van der Waals surface area contributed by atoms with Gasteiger partial charge in [0, 0.05) is 22.3 Å². The van der Waals surface area contributed by atoms with Crippen molar-refractivity contribution in [2.45, 2.75) is 13.5 Å². The fraction of sp³-hybridized carbons (Fsp3) is 0.154. The average molecular weight is 363 g/mol. The Kier molecular flexibility index (Phi) is 4.68. The summed E-state index contributed by atoms with van der Waals surface area (Å²) in [6.07, 6.45) is 0. The first-order valence-corrected chi connectivity index (χ1v) is 6.95. The monoisotopic (exact) mass is 361 g/mol. The van der Waals surface area contributed by atoms with Gasteiger partial charge in [0.2, 0.25) is 5.88 Å². The maximum Gasteiger partial charge on any atom is 0.219 e. The van der Waals surface area contributed by atoms with Gasteiger partial charge in [-0.05, 0) is 40.5 Å². The molecule has 19 heavy (non-hydrogen) atoms. The van der Waals surface area contributed by atoms with Crippen molar-refractivity contribution < 1.29 is 9.84 Å². The molecule has 3 nitrogen and oxygen atoms in total. The summed E-state index contributed by atoms with van der Waals surface area (Å²) in [6, 6.07) is 6.70. The van der Waals surface area contributed by atoms with Crippen LogP contribution in [-0.4, -0.2) is 10.1 Å². The number of hydrogen-bond acceptors (Lipinski definition) is 3. The molecule has 2 rings (SSSR count). The quantitative estimate of drug-likeness (QED) is 0.801. The van der Waals surface area contributed by atoms with Crippen LogP contribution in [0.25, 0.3) is 0 Å². The van der Waals surface area contributed by atoms with E-state index in [1.165, 1.54) is 0 Å². The van der Waals surface area contributed by atoms with Crippen LogP contribution in [0.4, 0.5) is 0 Å². The van der Waals surface area contributed by atoms with E-state index in [4.69, 9.17) is 33.0 Å². The lowest BCUT2D eigenvalue weighted by Crippen LogP contribution is -1.94. The van der Waals surface area contributed by atoms with Crippen LogP contribution in [0.15, 0.2) is 28.7 Å². The van der Waals surface area contributed by atoms with Crippen LogP contribution in [0.2, 0.25) is 10.0 Å². The zero-order valence-corrected chi connectivity index (χ0v) is 13.1. The smallest absolute Gasteiger partial charge is 0.219 e. The standard InChI is InChI=1S/C13H10BrCl2NO2/c1-7-2-8(6-18)3-13(17-7)19-12-5-10(15)9(14)4-11(12)16/h2-5,18H,6H2,1H3. The van der Waals surface area contributed by atoms with Gasteiger partial charge in [-0.25, -0.2) is 4.98 Å². The van der Waals surface area contributed by atoms with E-state index in [0.717, 1.165) is 11.3 Å². The number of benzene rings is 1. The highest BCUT2D eigenvalue weighted by Gasteiger charge is 2.09. The molecule has 0 fully saturated rings. The molecule has 1 N–H and O–H groups in total. The highest BCUT2D eigenvalue weighted by Crippen LogP contribution is 2.36. The molecular weight excluding hydrogens is 353 g/mol. The van der Waals surface area contributed by atoms with E-state index in [0.29, 0.717) is 26.1 Å². The minimum Gasteiger partial charge on any atom is -0.437 e. The Hall–Kier alpha value is -0.810. The summed E-state index contributed by atoms with van der Waals surface area (Å²) in [5, 5.41) is 10.1. The van der Waals surface area contributed by atoms with E-state index in [1.54, 1.807) is 24.3 Å². The second kappa shape index (κ2) is 6.09. The van der Waals surface area contributed by atoms with E-state index in [1.807, 2.05) is 6.92 Å². The minimum absolute atomic E-state index is 0.0749. The van der Waals surface area contributed by atoms with Gasteiger partial charge in [-0.3, -0.25) is 0 Å². The van der Waals surface area contributed by atoms with Crippen LogP contribution < -0.4 is 4.74 Å². The van der Waals surface area contributed by atoms with Crippen LogP contribution in [0.3, 0.4) is 0 Å². The molecule has 0 aliphatic rings. The molecule has 0 spiro atoms. The molecule has 0 unspecified atom stereocenters. The van der Waals surface area contributed by atoms with Crippen molar-refractivity contribution in [3.8, 4) is 11.6 Å². The third-order valence-corrected chi connectivity index (χ3v) is 3.85. The summed E-state index contributed by atoms with van der Waals surface area (Å²) in [5.74, 6) is 0.779. The zero-order valence-electron chi connectivity index (χ0n) is 9.95. The van der Waals surface area contributed by atoms with Gasteiger partial charge < -0.3 is 9.84 Å². The number of aryl methyl sites for hydroxylation is 1. The van der Waals surface area contributed by atoms with Crippen molar-refractivity contribution in [1.82, 2.24) is 4.98 Å². The van der Waals surface area contributed by atoms with Gasteiger partial charge >= 0.3 is 0 Å². The van der Waals surface area contributed by atoms with Gasteiger partial charge in [0.15, 0.2) is 0 Å². The number of ether oxygens (including phenoxy) is 1. The number of nitrogens with zero attached hydrogens (tertiary/aromatic N) is 1. The Labute approximate surface area is 129 Å². The van der Waals surface area contributed by atoms with Gasteiger partial charge in [-0.1, -0.05) is 23.2 Å². The van der Waals surface area contributed by atoms with Crippen molar-refractivity contribution >= 4 is 39.1 Å². The SMILES string of the molecule is Cc1cc(CO)cc(Oc2cc(Cl)c(Br)cc2Cl)n1. The van der Waals surface area contributed by atoms with Crippen molar-refractivity contribution in [1.29, 1.82) is 0 Å². The molecule has 0 radical (unpaired) electrons. The van der Waals surface area contributed by atoms with Gasteiger partial charge in [0.05, 0.1) is 16.7 Å². The molecule has 0 atom stereocenters. The summed E-state index contributed by atoms with van der Waals surface area (Å²) in [5.41, 5.74) is 1.47. The Morgan fingerprint density at radius 3 is 2.63 bits per heavy atom. The van der Waals surface area contributed by atoms with Crippen LogP contribution in [0.5, 0.6) is 11.6 Å². The lowest BCUT2D eigenvalue weighted by molar-refractivity contribution is 0.281. The van der Waals surface area contributed by atoms with Crippen LogP contribution in [-0.2, 0) is 6.61 Å². The third kappa shape index (κ3) is 3.60. The predicted molar refractivity (Wildman–Crippen MR) is 79.1 cm³/mol. The summed E-state index contributed by atoms with van der Waals surface area (Å²) >= 11 is 15.3. The Morgan fingerprint density at radius 1 is 1.21 bits per heavy atom. The summed E-state index contributed by atoms with van der Waals surface area (Å²) in [4.78, 5) is 4.22. The third-order valence-electron chi connectivity index (χ3n) is 2.36. The van der Waals surface area contributed by atoms with Gasteiger partial charge in [0.1, 0.15) is 5.75 Å². The number of halogens is 3. The average Bonchev–Trinajstić information content (AvgIpc) is 2.35. The molecule has 1 heterocycles. The maximum absolute atomic E-state index is 9.15. The summed E-state index contributed by atoms with van der Waals surface area (Å²) in [7, 11) is 0. The first kappa shape index (κ1) is 14.6. The highest BCUT2D eigenvalue weighted by atomic mass is 79.9. The minimum atomic E-state index is -0.0749. The normalized spacial score (nSPS) is 10.6. The summed E-state index contributed by atoms with van der Waals surface area (Å²) < 4.78 is 6.30. The molecule has 0 amide bonds. The predicted octanol–water partition coefficient (Wildman–Crippen LogP) is 4.74. The lowest BCUT2D eigenvalue weighted by Gasteiger charge is -2.10. The molecule has 0 aliphatic carbocycles. The van der Waals surface area contributed by atoms with Gasteiger partial charge in [-0.15, -0.1) is 0 Å². The molecule has 0 saturated carbocycles. The Balaban J connectivity index is 2.36. The Bertz CT molecular complexity index is 620. The number of aliphatic hydroxyl groups excluding tert-OH is 1. The van der Waals surface area contributed by atoms with Crippen LogP contribution in [0, 0.1) is 6.92 Å². The largest absolute Gasteiger partial charge is 0.437 e. The Morgan fingerprint density at radius 2 is 1.95 bits per heavy atom. The fourth-order valence-corrected chi connectivity index (χ4v) is 2.38. The van der Waals surface area contributed by atoms with E-state index < -0.39 is 0 Å². The summed E-state index contributed by atoms with van der Waals surface area (Å²) in [6.45, 7) is 1.75. The number of aliphatic hydroxyl groups is 1. The number of aromatic nitrogens is 1. The second-order valence-electron chi connectivity index (χ2n) is 3.91. The molecular formula is C13H10BrCl2NO2. The number of rotatable bonds is 3. The number of hydrogen-bond donors (Lipinski definition) is 1. The van der Waals surface area contributed by atoms with Gasteiger partial charge in [-0.2, -0.15) is 0 Å². The molecule has 6 heteroatoms. The molecule has 1 aromatic heterocycles. The van der Waals surface area contributed by atoms with Crippen molar-refractivity contribution in [3.63, 3.8) is 0 Å². The molecule has 0 aliphatic heterocycles. The van der Waals surface area contributed by atoms with Crippen molar-refractivity contribution in [2.24, 2.45) is 0 Å². The highest BCUT2D eigenvalue weighted by molar-refractivity contribution is 9.10. The van der Waals surface area contributed by atoms with Crippen molar-refractivity contribution in [2.75, 3.05) is 0 Å². The maximum atomic E-state index is 9.15. The number of pyridine rings is 1. The van der Waals surface area contributed by atoms with Crippen LogP contribution in [0.1, 0.15) is 11.3 Å². The van der Waals surface area contributed by atoms with Crippen LogP contribution >= 0.6 is 39.1 Å². The van der Waals surface area contributed by atoms with Crippen molar-refractivity contribution in [3.05, 3.63) is 50.0 Å². The van der Waals surface area contributed by atoms with E-state index in [2.05, 4.69) is 20.9 Å². The second-order valence-corrected chi connectivity index (χ2v) is 5.58. The molecule has 100 valence electrons. The van der Waals surface area contributed by atoms with Gasteiger partial charge in [0.25, 0.3) is 0 Å². The van der Waals surface area contributed by atoms with E-state index in [9.17, 15) is 0 Å². The topological polar surface area (TPSA) is 42.4 Å².